The monoisotopic (exact) mass is 608 g/mol. The molecule has 2 aliphatic rings. The lowest BCUT2D eigenvalue weighted by atomic mass is 9.98. The molecular formula is C36H40N4O5. The van der Waals surface area contributed by atoms with E-state index in [0.717, 1.165) is 72.4 Å². The zero-order valence-corrected chi connectivity index (χ0v) is 26.8. The van der Waals surface area contributed by atoms with Gasteiger partial charge in [0.1, 0.15) is 0 Å². The summed E-state index contributed by atoms with van der Waals surface area (Å²) in [4.78, 5) is 41.5. The van der Waals surface area contributed by atoms with Crippen LogP contribution in [0.1, 0.15) is 91.5 Å². The quantitative estimate of drug-likeness (QED) is 0.172. The van der Waals surface area contributed by atoms with E-state index in [0.29, 0.717) is 30.7 Å². The molecule has 9 nitrogen and oxygen atoms in total. The topological polar surface area (TPSA) is 130 Å². The number of carbonyl (C=O) groups is 2. The van der Waals surface area contributed by atoms with Crippen LogP contribution in [0.4, 0.5) is 0 Å². The van der Waals surface area contributed by atoms with Gasteiger partial charge in [-0.15, -0.1) is 6.58 Å². The summed E-state index contributed by atoms with van der Waals surface area (Å²) in [6.45, 7) is 11.9. The third-order valence-electron chi connectivity index (χ3n) is 8.69. The van der Waals surface area contributed by atoms with E-state index in [1.165, 1.54) is 14.2 Å². The molecule has 0 fully saturated rings. The summed E-state index contributed by atoms with van der Waals surface area (Å²) in [5, 5.41) is 11.2. The van der Waals surface area contributed by atoms with Crippen LogP contribution in [0.3, 0.4) is 0 Å². The Morgan fingerprint density at radius 2 is 1.36 bits per heavy atom. The molecule has 2 aliphatic heterocycles. The van der Waals surface area contributed by atoms with Crippen molar-refractivity contribution in [2.24, 2.45) is 0 Å². The van der Waals surface area contributed by atoms with Crippen LogP contribution in [0.25, 0.3) is 44.4 Å². The van der Waals surface area contributed by atoms with E-state index in [1.54, 1.807) is 6.08 Å². The number of rotatable bonds is 9. The number of carbonyl (C=O) groups excluding carboxylic acids is 2. The largest absolute Gasteiger partial charge is 0.469 e. The number of aliphatic hydroxyl groups is 1. The van der Waals surface area contributed by atoms with Gasteiger partial charge in [0.2, 0.25) is 0 Å². The number of aliphatic hydroxyl groups excluding tert-OH is 1. The Morgan fingerprint density at radius 1 is 0.800 bits per heavy atom. The van der Waals surface area contributed by atoms with E-state index >= 15 is 0 Å². The molecule has 3 N–H and O–H groups in total. The van der Waals surface area contributed by atoms with E-state index in [-0.39, 0.29) is 24.8 Å². The van der Waals surface area contributed by atoms with Crippen molar-refractivity contribution >= 4 is 56.3 Å². The van der Waals surface area contributed by atoms with Crippen LogP contribution in [-0.2, 0) is 19.1 Å². The van der Waals surface area contributed by atoms with Crippen LogP contribution in [0, 0.1) is 13.8 Å². The van der Waals surface area contributed by atoms with Gasteiger partial charge in [0.15, 0.2) is 0 Å². The molecule has 0 saturated heterocycles. The molecule has 0 aromatic carbocycles. The van der Waals surface area contributed by atoms with Gasteiger partial charge >= 0.3 is 11.9 Å². The molecule has 5 heterocycles. The molecule has 0 radical (unpaired) electrons. The minimum Gasteiger partial charge on any atom is -0.469 e. The number of fused-ring (bicyclic) bond motifs is 8. The first kappa shape index (κ1) is 31.7. The molecule has 9 heteroatoms. The zero-order chi connectivity index (χ0) is 32.4. The van der Waals surface area contributed by atoms with Gasteiger partial charge in [-0.2, -0.15) is 0 Å². The Labute approximate surface area is 262 Å². The number of nitrogens with one attached hydrogen (secondary N) is 2. The second-order valence-electron chi connectivity index (χ2n) is 11.6. The highest BCUT2D eigenvalue weighted by molar-refractivity contribution is 5.96. The van der Waals surface area contributed by atoms with Crippen molar-refractivity contribution in [1.29, 1.82) is 0 Å². The van der Waals surface area contributed by atoms with Gasteiger partial charge in [0.25, 0.3) is 0 Å². The molecule has 0 saturated carbocycles. The summed E-state index contributed by atoms with van der Waals surface area (Å²) < 4.78 is 9.87. The molecule has 1 unspecified atom stereocenters. The number of hydrogen-bond donors (Lipinski definition) is 3. The highest BCUT2D eigenvalue weighted by atomic mass is 16.5. The van der Waals surface area contributed by atoms with Crippen LogP contribution in [0.5, 0.6) is 0 Å². The van der Waals surface area contributed by atoms with E-state index in [2.05, 4.69) is 22.6 Å². The number of aryl methyl sites for hydroxylation is 2. The first-order valence-corrected chi connectivity index (χ1v) is 15.1. The van der Waals surface area contributed by atoms with Crippen molar-refractivity contribution < 1.29 is 24.2 Å². The fraction of sp³-hybridized carbons (Fsp3) is 0.333. The number of ether oxygens (including phenoxy) is 2. The van der Waals surface area contributed by atoms with Crippen LogP contribution in [0.15, 0.2) is 43.0 Å². The van der Waals surface area contributed by atoms with E-state index in [9.17, 15) is 14.7 Å². The van der Waals surface area contributed by atoms with Crippen LogP contribution in [0.2, 0.25) is 0 Å². The van der Waals surface area contributed by atoms with Crippen LogP contribution in [-0.4, -0.2) is 51.2 Å². The number of aromatic amines is 2. The van der Waals surface area contributed by atoms with Crippen molar-refractivity contribution in [2.45, 2.75) is 65.9 Å². The standard InChI is InChI=1S/C36H40N4O5/c1-8-9-33(41)36-22(5)27-15-23-14-19(2)26(37-23)16-28-20(3)24(10-12-34(42)44-6)30(38-28)18-31-25(11-13-35(43)45-7)21(4)29(39-31)17-32(36)40-27/h8,14-18,33,37,40-41H,1,9-13H2,2-7H3. The number of nitrogens with zero attached hydrogens (tertiary/aromatic N) is 2. The number of esters is 2. The summed E-state index contributed by atoms with van der Waals surface area (Å²) in [7, 11) is 2.77. The SMILES string of the molecule is C=CCC(O)c1c(C)c2cc3cc(C)c(cc4nc(cc5nc(cc1[nH]2)C(C)=C5CCC(=O)OC)C(CCC(=O)OC)=C4C)[nH]3. The average Bonchev–Trinajstić information content (AvgIpc) is 3.69. The number of H-pyrrole nitrogens is 2. The maximum Gasteiger partial charge on any atom is 0.305 e. The summed E-state index contributed by atoms with van der Waals surface area (Å²) in [5.74, 6) is -0.599. The van der Waals surface area contributed by atoms with E-state index in [1.807, 2.05) is 52.0 Å². The fourth-order valence-corrected chi connectivity index (χ4v) is 6.07. The van der Waals surface area contributed by atoms with Crippen molar-refractivity contribution in [3.8, 4) is 0 Å². The van der Waals surface area contributed by atoms with Crippen molar-refractivity contribution in [2.75, 3.05) is 14.2 Å². The fourth-order valence-electron chi connectivity index (χ4n) is 6.07. The van der Waals surface area contributed by atoms with Crippen molar-refractivity contribution in [3.05, 3.63) is 82.5 Å². The highest BCUT2D eigenvalue weighted by Gasteiger charge is 2.23. The van der Waals surface area contributed by atoms with Crippen LogP contribution < -0.4 is 0 Å². The van der Waals surface area contributed by atoms with Gasteiger partial charge in [-0.3, -0.25) is 9.59 Å². The summed E-state index contributed by atoms with van der Waals surface area (Å²) in [6, 6.07) is 10.1. The predicted molar refractivity (Wildman–Crippen MR) is 178 cm³/mol. The third-order valence-corrected chi connectivity index (χ3v) is 8.69. The van der Waals surface area contributed by atoms with Gasteiger partial charge in [-0.1, -0.05) is 6.08 Å². The number of allylic oxidation sites excluding steroid dienone is 4. The first-order valence-electron chi connectivity index (χ1n) is 15.1. The van der Waals surface area contributed by atoms with Crippen LogP contribution >= 0.6 is 0 Å². The van der Waals surface area contributed by atoms with Crippen molar-refractivity contribution in [1.82, 2.24) is 19.9 Å². The third kappa shape index (κ3) is 6.40. The first-order chi connectivity index (χ1) is 21.5. The molecule has 0 amide bonds. The molecule has 0 aliphatic carbocycles. The van der Waals surface area contributed by atoms with Gasteiger partial charge in [0, 0.05) is 40.5 Å². The molecule has 0 spiro atoms. The average molecular weight is 609 g/mol. The molecule has 5 rings (SSSR count). The summed E-state index contributed by atoms with van der Waals surface area (Å²) in [5.41, 5.74) is 12.9. The maximum absolute atomic E-state index is 12.2. The Kier molecular flexibility index (Phi) is 9.20. The summed E-state index contributed by atoms with van der Waals surface area (Å²) in [6.07, 6.45) is 2.66. The second kappa shape index (κ2) is 13.1. The number of methoxy groups -OCH3 is 2. The number of hydrogen-bond acceptors (Lipinski definition) is 7. The van der Waals surface area contributed by atoms with Crippen molar-refractivity contribution in [3.63, 3.8) is 0 Å². The van der Waals surface area contributed by atoms with Gasteiger partial charge in [-0.05, 0) is 111 Å². The Morgan fingerprint density at radius 3 is 1.89 bits per heavy atom. The lowest BCUT2D eigenvalue weighted by Gasteiger charge is -2.08. The molecule has 3 aromatic rings. The molecule has 1 atom stereocenters. The summed E-state index contributed by atoms with van der Waals surface area (Å²) >= 11 is 0. The molecule has 8 bridgehead atoms. The normalized spacial score (nSPS) is 13.7. The molecular weight excluding hydrogens is 568 g/mol. The Bertz CT molecular complexity index is 1920. The van der Waals surface area contributed by atoms with Gasteiger partial charge in [-0.25, -0.2) is 9.97 Å². The van der Waals surface area contributed by atoms with E-state index < -0.39 is 6.10 Å². The highest BCUT2D eigenvalue weighted by Crippen LogP contribution is 2.38. The molecule has 234 valence electrons. The molecule has 45 heavy (non-hydrogen) atoms. The minimum atomic E-state index is -0.754. The zero-order valence-electron chi connectivity index (χ0n) is 26.8. The lowest BCUT2D eigenvalue weighted by molar-refractivity contribution is -0.141. The van der Waals surface area contributed by atoms with Gasteiger partial charge in [0.05, 0.1) is 43.1 Å². The maximum atomic E-state index is 12.2. The Hall–Kier alpha value is -4.76. The smallest absolute Gasteiger partial charge is 0.305 e. The minimum absolute atomic E-state index is 0.198. The Balaban J connectivity index is 1.86. The second-order valence-corrected chi connectivity index (χ2v) is 11.6. The predicted octanol–water partition coefficient (Wildman–Crippen LogP) is 7.31. The lowest BCUT2D eigenvalue weighted by Crippen LogP contribution is -2.01. The molecule has 3 aromatic heterocycles. The van der Waals surface area contributed by atoms with E-state index in [4.69, 9.17) is 19.4 Å². The van der Waals surface area contributed by atoms with Gasteiger partial charge < -0.3 is 24.5 Å². The number of aromatic nitrogens is 4.